The third-order valence-electron chi connectivity index (χ3n) is 4.51. The van der Waals surface area contributed by atoms with Gasteiger partial charge in [0.1, 0.15) is 15.7 Å². The van der Waals surface area contributed by atoms with Crippen molar-refractivity contribution < 1.29 is 9.53 Å². The van der Waals surface area contributed by atoms with Gasteiger partial charge >= 0.3 is 5.97 Å². The molecule has 0 aliphatic carbocycles. The number of halogens is 1. The Hall–Kier alpha value is -2.21. The molecule has 0 fully saturated rings. The molecule has 0 saturated heterocycles. The Balaban J connectivity index is 0.00000320. The molecule has 3 aromatic rings. The van der Waals surface area contributed by atoms with Gasteiger partial charge in [-0.2, -0.15) is 0 Å². The molecule has 0 bridgehead atoms. The molecule has 162 valence electrons. The topological polar surface area (TPSA) is 93.4 Å². The number of aromatic nitrogens is 3. The summed E-state index contributed by atoms with van der Waals surface area (Å²) < 4.78 is 7.16. The maximum atomic E-state index is 12.0. The van der Waals surface area contributed by atoms with Crippen molar-refractivity contribution in [2.24, 2.45) is 12.0 Å². The number of benzene rings is 1. The first-order valence-electron chi connectivity index (χ1n) is 9.46. The van der Waals surface area contributed by atoms with Gasteiger partial charge in [-0.25, -0.2) is 14.8 Å². The molecule has 3 rings (SSSR count). The number of carbonyl (C=O) groups is 1. The van der Waals surface area contributed by atoms with Crippen molar-refractivity contribution >= 4 is 58.3 Å². The number of para-hydroxylation sites is 2. The van der Waals surface area contributed by atoms with E-state index >= 15 is 0 Å². The average molecular weight is 542 g/mol. The van der Waals surface area contributed by atoms with E-state index < -0.39 is 0 Å². The molecule has 0 saturated carbocycles. The number of hydrogen-bond acceptors (Lipinski definition) is 6. The van der Waals surface area contributed by atoms with Gasteiger partial charge in [0.25, 0.3) is 0 Å². The van der Waals surface area contributed by atoms with E-state index in [4.69, 9.17) is 4.74 Å². The second-order valence-electron chi connectivity index (χ2n) is 6.55. The summed E-state index contributed by atoms with van der Waals surface area (Å²) in [6.07, 6.45) is 0. The molecule has 1 aromatic carbocycles. The molecule has 0 aliphatic heterocycles. The van der Waals surface area contributed by atoms with Crippen LogP contribution in [0, 0.1) is 6.92 Å². The Kier molecular flexibility index (Phi) is 8.59. The SMILES string of the molecule is CCOC(=O)c1sc(C(C)NC(=NC)NCc2nc3ccccc3n2C)nc1C.I. The highest BCUT2D eigenvalue weighted by Crippen LogP contribution is 2.24. The molecule has 2 aromatic heterocycles. The van der Waals surface area contributed by atoms with Crippen LogP contribution in [0.5, 0.6) is 0 Å². The van der Waals surface area contributed by atoms with Crippen LogP contribution in [0.4, 0.5) is 0 Å². The zero-order valence-electron chi connectivity index (χ0n) is 17.7. The van der Waals surface area contributed by atoms with Crippen LogP contribution in [0.3, 0.4) is 0 Å². The Morgan fingerprint density at radius 1 is 1.33 bits per heavy atom. The van der Waals surface area contributed by atoms with Gasteiger partial charge in [-0.15, -0.1) is 35.3 Å². The number of aryl methyl sites for hydroxylation is 2. The Morgan fingerprint density at radius 3 is 2.73 bits per heavy atom. The molecule has 0 aliphatic rings. The van der Waals surface area contributed by atoms with Crippen molar-refractivity contribution in [3.8, 4) is 0 Å². The van der Waals surface area contributed by atoms with E-state index in [2.05, 4.69) is 30.2 Å². The zero-order valence-corrected chi connectivity index (χ0v) is 20.9. The van der Waals surface area contributed by atoms with Crippen molar-refractivity contribution in [3.05, 3.63) is 45.7 Å². The van der Waals surface area contributed by atoms with Crippen LogP contribution in [0.15, 0.2) is 29.3 Å². The third kappa shape index (κ3) is 5.28. The predicted molar refractivity (Wildman–Crippen MR) is 131 cm³/mol. The Labute approximate surface area is 197 Å². The van der Waals surface area contributed by atoms with Gasteiger partial charge in [-0.3, -0.25) is 4.99 Å². The van der Waals surface area contributed by atoms with Crippen molar-refractivity contribution in [2.45, 2.75) is 33.4 Å². The molecular formula is C20H27IN6O2S. The van der Waals surface area contributed by atoms with Crippen LogP contribution in [-0.4, -0.2) is 40.1 Å². The number of rotatable bonds is 6. The number of hydrogen-bond donors (Lipinski definition) is 2. The fourth-order valence-corrected chi connectivity index (χ4v) is 3.93. The number of nitrogens with zero attached hydrogens (tertiary/aromatic N) is 4. The van der Waals surface area contributed by atoms with E-state index in [0.717, 1.165) is 21.9 Å². The van der Waals surface area contributed by atoms with E-state index in [9.17, 15) is 4.79 Å². The fourth-order valence-electron chi connectivity index (χ4n) is 2.97. The summed E-state index contributed by atoms with van der Waals surface area (Å²) in [6.45, 7) is 6.47. The molecule has 0 amide bonds. The second-order valence-corrected chi connectivity index (χ2v) is 7.59. The van der Waals surface area contributed by atoms with Gasteiger partial charge < -0.3 is 19.9 Å². The molecule has 0 radical (unpaired) electrons. The fraction of sp³-hybridized carbons (Fsp3) is 0.400. The zero-order chi connectivity index (χ0) is 21.0. The molecule has 1 unspecified atom stereocenters. The second kappa shape index (κ2) is 10.7. The molecule has 8 nitrogen and oxygen atoms in total. The minimum Gasteiger partial charge on any atom is -0.462 e. The number of fused-ring (bicyclic) bond motifs is 1. The highest BCUT2D eigenvalue weighted by Gasteiger charge is 2.20. The highest BCUT2D eigenvalue weighted by atomic mass is 127. The number of esters is 1. The molecular weight excluding hydrogens is 515 g/mol. The van der Waals surface area contributed by atoms with E-state index in [1.165, 1.54) is 11.3 Å². The van der Waals surface area contributed by atoms with E-state index in [1.807, 2.05) is 45.2 Å². The van der Waals surface area contributed by atoms with Crippen LogP contribution in [0.2, 0.25) is 0 Å². The van der Waals surface area contributed by atoms with Crippen LogP contribution >= 0.6 is 35.3 Å². The maximum Gasteiger partial charge on any atom is 0.350 e. The first kappa shape index (κ1) is 24.1. The quantitative estimate of drug-likeness (QED) is 0.214. The van der Waals surface area contributed by atoms with Gasteiger partial charge in [0.05, 0.1) is 35.9 Å². The first-order valence-corrected chi connectivity index (χ1v) is 10.3. The van der Waals surface area contributed by atoms with Gasteiger partial charge in [0, 0.05) is 14.1 Å². The summed E-state index contributed by atoms with van der Waals surface area (Å²) in [4.78, 5) is 26.0. The smallest absolute Gasteiger partial charge is 0.350 e. The van der Waals surface area contributed by atoms with Crippen molar-refractivity contribution in [3.63, 3.8) is 0 Å². The molecule has 0 spiro atoms. The monoisotopic (exact) mass is 542 g/mol. The van der Waals surface area contributed by atoms with Crippen LogP contribution in [0.25, 0.3) is 11.0 Å². The van der Waals surface area contributed by atoms with E-state index in [1.54, 1.807) is 14.0 Å². The minimum atomic E-state index is -0.328. The van der Waals surface area contributed by atoms with Crippen molar-refractivity contribution in [1.29, 1.82) is 0 Å². The van der Waals surface area contributed by atoms with Gasteiger partial charge in [-0.1, -0.05) is 12.1 Å². The molecule has 10 heteroatoms. The summed E-state index contributed by atoms with van der Waals surface area (Å²) in [7, 11) is 3.72. The van der Waals surface area contributed by atoms with E-state index in [0.29, 0.717) is 29.7 Å². The average Bonchev–Trinajstić information content (AvgIpc) is 3.26. The summed E-state index contributed by atoms with van der Waals surface area (Å²) in [6, 6.07) is 7.92. The lowest BCUT2D eigenvalue weighted by Crippen LogP contribution is -2.38. The molecule has 2 N–H and O–H groups in total. The van der Waals surface area contributed by atoms with Crippen LogP contribution < -0.4 is 10.6 Å². The lowest BCUT2D eigenvalue weighted by atomic mass is 10.3. The minimum absolute atomic E-state index is 0. The lowest BCUT2D eigenvalue weighted by Gasteiger charge is -2.16. The number of thiazole rings is 1. The number of aliphatic imine (C=N–C) groups is 1. The van der Waals surface area contributed by atoms with Crippen LogP contribution in [-0.2, 0) is 18.3 Å². The summed E-state index contributed by atoms with van der Waals surface area (Å²) in [5.41, 5.74) is 2.73. The Bertz CT molecular complexity index is 1050. The van der Waals surface area contributed by atoms with Gasteiger partial charge in [0.15, 0.2) is 5.96 Å². The number of imidazole rings is 1. The maximum absolute atomic E-state index is 12.0. The van der Waals surface area contributed by atoms with Crippen LogP contribution in [0.1, 0.15) is 46.1 Å². The normalized spacial score (nSPS) is 12.4. The summed E-state index contributed by atoms with van der Waals surface area (Å²) in [5, 5.41) is 7.41. The molecule has 30 heavy (non-hydrogen) atoms. The first-order chi connectivity index (χ1) is 13.9. The summed E-state index contributed by atoms with van der Waals surface area (Å²) in [5.74, 6) is 1.22. The number of nitrogens with one attached hydrogen (secondary N) is 2. The van der Waals surface area contributed by atoms with Gasteiger partial charge in [0.2, 0.25) is 0 Å². The Morgan fingerprint density at radius 2 is 2.07 bits per heavy atom. The van der Waals surface area contributed by atoms with Crippen molar-refractivity contribution in [2.75, 3.05) is 13.7 Å². The third-order valence-corrected chi connectivity index (χ3v) is 5.84. The van der Waals surface area contributed by atoms with Crippen molar-refractivity contribution in [1.82, 2.24) is 25.2 Å². The number of ether oxygens (including phenoxy) is 1. The van der Waals surface area contributed by atoms with Gasteiger partial charge in [-0.05, 0) is 32.9 Å². The molecule has 1 atom stereocenters. The molecule has 2 heterocycles. The van der Waals surface area contributed by atoms with E-state index in [-0.39, 0.29) is 36.0 Å². The standard InChI is InChI=1S/C20H26N6O2S.HI/c1-6-28-19(27)17-12(2)23-18(29-17)13(3)24-20(21-4)22-11-16-25-14-9-7-8-10-15(14)26(16)5;/h7-10,13H,6,11H2,1-5H3,(H2,21,22,24);1H. The largest absolute Gasteiger partial charge is 0.462 e. The number of guanidine groups is 1. The number of carbonyl (C=O) groups excluding carboxylic acids is 1. The lowest BCUT2D eigenvalue weighted by molar-refractivity contribution is 0.0531. The predicted octanol–water partition coefficient (Wildman–Crippen LogP) is 3.56. The summed E-state index contributed by atoms with van der Waals surface area (Å²) >= 11 is 1.34. The highest BCUT2D eigenvalue weighted by molar-refractivity contribution is 14.0.